The lowest BCUT2D eigenvalue weighted by molar-refractivity contribution is -0.384. The molecule has 0 aliphatic heterocycles. The van der Waals surface area contributed by atoms with Crippen LogP contribution < -0.4 is 0 Å². The fraction of sp³-hybridized carbons (Fsp3) is 0.231. The van der Waals surface area contributed by atoms with Crippen LogP contribution >= 0.6 is 0 Å². The van der Waals surface area contributed by atoms with Gasteiger partial charge in [-0.3, -0.25) is 10.1 Å². The van der Waals surface area contributed by atoms with Crippen LogP contribution in [0, 0.1) is 30.9 Å². The quantitative estimate of drug-likeness (QED) is 0.685. The topological polar surface area (TPSA) is 98.3 Å². The molecule has 104 valence electrons. The van der Waals surface area contributed by atoms with E-state index < -0.39 is 10.9 Å². The Balaban J connectivity index is 2.75. The van der Waals surface area contributed by atoms with Crippen molar-refractivity contribution >= 4 is 11.7 Å². The van der Waals surface area contributed by atoms with E-state index in [2.05, 4.69) is 5.10 Å². The Hall–Kier alpha value is -2.70. The summed E-state index contributed by atoms with van der Waals surface area (Å²) >= 11 is 0. The molecule has 0 bridgehead atoms. The second kappa shape index (κ2) is 4.76. The summed E-state index contributed by atoms with van der Waals surface area (Å²) in [4.78, 5) is 21.8. The maximum Gasteiger partial charge on any atom is 0.339 e. The summed E-state index contributed by atoms with van der Waals surface area (Å²) in [5.41, 5.74) is 1.74. The Labute approximate surface area is 114 Å². The molecule has 1 N–H and O–H groups in total. The minimum atomic E-state index is -1.10. The molecule has 7 nitrogen and oxygen atoms in total. The largest absolute Gasteiger partial charge is 0.478 e. The average Bonchev–Trinajstić information content (AvgIpc) is 2.64. The van der Waals surface area contributed by atoms with Crippen molar-refractivity contribution in [3.8, 4) is 5.69 Å². The third-order valence-electron chi connectivity index (χ3n) is 3.06. The molecule has 1 aromatic carbocycles. The molecule has 0 atom stereocenters. The Bertz CT molecular complexity index is 719. The van der Waals surface area contributed by atoms with Gasteiger partial charge in [0.15, 0.2) is 0 Å². The third kappa shape index (κ3) is 2.13. The lowest BCUT2D eigenvalue weighted by Gasteiger charge is -2.06. The Morgan fingerprint density at radius 2 is 2.00 bits per heavy atom. The Morgan fingerprint density at radius 3 is 2.50 bits per heavy atom. The second-order valence-corrected chi connectivity index (χ2v) is 4.51. The standard InChI is InChI=1S/C13H13N3O4/c1-7-4-5-10(16(19)20)11(6-7)15-9(3)12(13(17)18)8(2)14-15/h4-6H,1-3H3,(H,17,18). The molecular weight excluding hydrogens is 262 g/mol. The highest BCUT2D eigenvalue weighted by molar-refractivity contribution is 5.90. The van der Waals surface area contributed by atoms with Gasteiger partial charge in [-0.25, -0.2) is 9.48 Å². The van der Waals surface area contributed by atoms with Crippen LogP contribution in [0.2, 0.25) is 0 Å². The molecule has 0 spiro atoms. The van der Waals surface area contributed by atoms with Gasteiger partial charge in [0.1, 0.15) is 11.3 Å². The van der Waals surface area contributed by atoms with Crippen LogP contribution in [-0.2, 0) is 0 Å². The molecular formula is C13H13N3O4. The SMILES string of the molecule is Cc1ccc([N+](=O)[O-])c(-n2nc(C)c(C(=O)O)c2C)c1. The molecule has 0 unspecified atom stereocenters. The average molecular weight is 275 g/mol. The number of nitrogens with zero attached hydrogens (tertiary/aromatic N) is 3. The van der Waals surface area contributed by atoms with Crippen LogP contribution in [0.5, 0.6) is 0 Å². The summed E-state index contributed by atoms with van der Waals surface area (Å²) in [5, 5.41) is 24.4. The van der Waals surface area contributed by atoms with Crippen LogP contribution in [0.25, 0.3) is 5.69 Å². The molecule has 0 fully saturated rings. The molecule has 0 saturated heterocycles. The van der Waals surface area contributed by atoms with Crippen molar-refractivity contribution in [2.75, 3.05) is 0 Å². The van der Waals surface area contributed by atoms with Crippen LogP contribution in [0.1, 0.15) is 27.3 Å². The molecule has 20 heavy (non-hydrogen) atoms. The summed E-state index contributed by atoms with van der Waals surface area (Å²) in [6, 6.07) is 4.64. The first kappa shape index (κ1) is 13.7. The van der Waals surface area contributed by atoms with Crippen molar-refractivity contribution in [2.45, 2.75) is 20.8 Å². The van der Waals surface area contributed by atoms with Crippen LogP contribution in [0.4, 0.5) is 5.69 Å². The first-order valence-electron chi connectivity index (χ1n) is 5.88. The number of carboxylic acids is 1. The molecule has 0 saturated carbocycles. The number of nitro groups is 1. The van der Waals surface area contributed by atoms with E-state index >= 15 is 0 Å². The van der Waals surface area contributed by atoms with E-state index in [9.17, 15) is 14.9 Å². The fourth-order valence-corrected chi connectivity index (χ4v) is 2.14. The van der Waals surface area contributed by atoms with Crippen LogP contribution in [0.3, 0.4) is 0 Å². The summed E-state index contributed by atoms with van der Waals surface area (Å²) in [6.07, 6.45) is 0. The number of aromatic nitrogens is 2. The predicted molar refractivity (Wildman–Crippen MR) is 71.4 cm³/mol. The number of carbonyl (C=O) groups is 1. The molecule has 2 aromatic rings. The molecule has 0 amide bonds. The van der Waals surface area contributed by atoms with Gasteiger partial charge in [-0.1, -0.05) is 6.07 Å². The number of carboxylic acid groups (broad SMARTS) is 1. The van der Waals surface area contributed by atoms with Crippen molar-refractivity contribution < 1.29 is 14.8 Å². The van der Waals surface area contributed by atoms with Gasteiger partial charge >= 0.3 is 5.97 Å². The Kier molecular flexibility index (Phi) is 3.27. The van der Waals surface area contributed by atoms with Crippen LogP contribution in [0.15, 0.2) is 18.2 Å². The minimum absolute atomic E-state index is 0.0702. The van der Waals surface area contributed by atoms with Gasteiger partial charge in [-0.15, -0.1) is 0 Å². The molecule has 1 heterocycles. The summed E-state index contributed by atoms with van der Waals surface area (Å²) < 4.78 is 1.31. The van der Waals surface area contributed by atoms with Crippen molar-refractivity contribution in [1.29, 1.82) is 0 Å². The molecule has 0 radical (unpaired) electrons. The molecule has 1 aromatic heterocycles. The van der Waals surface area contributed by atoms with E-state index in [-0.39, 0.29) is 16.9 Å². The Morgan fingerprint density at radius 1 is 1.35 bits per heavy atom. The zero-order chi connectivity index (χ0) is 15.0. The number of rotatable bonds is 3. The maximum absolute atomic E-state index is 11.2. The first-order valence-corrected chi connectivity index (χ1v) is 5.88. The van der Waals surface area contributed by atoms with Crippen molar-refractivity contribution in [3.63, 3.8) is 0 Å². The normalized spacial score (nSPS) is 10.6. The number of benzene rings is 1. The monoisotopic (exact) mass is 275 g/mol. The van der Waals surface area contributed by atoms with Gasteiger partial charge < -0.3 is 5.11 Å². The number of hydrogen-bond acceptors (Lipinski definition) is 4. The molecule has 2 rings (SSSR count). The van der Waals surface area contributed by atoms with Gasteiger partial charge in [0.05, 0.1) is 16.3 Å². The lowest BCUT2D eigenvalue weighted by Crippen LogP contribution is -2.05. The predicted octanol–water partition coefficient (Wildman–Crippen LogP) is 2.40. The highest BCUT2D eigenvalue weighted by atomic mass is 16.6. The van der Waals surface area contributed by atoms with E-state index in [1.807, 2.05) is 0 Å². The van der Waals surface area contributed by atoms with Crippen LogP contribution in [-0.4, -0.2) is 25.8 Å². The highest BCUT2D eigenvalue weighted by Crippen LogP contribution is 2.26. The van der Waals surface area contributed by atoms with Crippen molar-refractivity contribution in [1.82, 2.24) is 9.78 Å². The number of nitro benzene ring substituents is 1. The van der Waals surface area contributed by atoms with Gasteiger partial charge in [-0.2, -0.15) is 5.10 Å². The summed E-state index contributed by atoms with van der Waals surface area (Å²) in [6.45, 7) is 4.95. The van der Waals surface area contributed by atoms with Crippen molar-refractivity contribution in [2.24, 2.45) is 0 Å². The van der Waals surface area contributed by atoms with E-state index in [1.54, 1.807) is 32.9 Å². The minimum Gasteiger partial charge on any atom is -0.478 e. The summed E-state index contributed by atoms with van der Waals surface area (Å²) in [7, 11) is 0. The third-order valence-corrected chi connectivity index (χ3v) is 3.06. The van der Waals surface area contributed by atoms with E-state index in [0.29, 0.717) is 11.4 Å². The zero-order valence-electron chi connectivity index (χ0n) is 11.2. The fourth-order valence-electron chi connectivity index (χ4n) is 2.14. The number of hydrogen-bond donors (Lipinski definition) is 1. The van der Waals surface area contributed by atoms with Crippen molar-refractivity contribution in [3.05, 3.63) is 50.8 Å². The van der Waals surface area contributed by atoms with E-state index in [4.69, 9.17) is 5.11 Å². The number of aryl methyl sites for hydroxylation is 2. The highest BCUT2D eigenvalue weighted by Gasteiger charge is 2.23. The smallest absolute Gasteiger partial charge is 0.339 e. The first-order chi connectivity index (χ1) is 9.32. The lowest BCUT2D eigenvalue weighted by atomic mass is 10.1. The van der Waals surface area contributed by atoms with Gasteiger partial charge in [0, 0.05) is 6.07 Å². The van der Waals surface area contributed by atoms with E-state index in [0.717, 1.165) is 5.56 Å². The summed E-state index contributed by atoms with van der Waals surface area (Å²) in [5.74, 6) is -1.10. The van der Waals surface area contributed by atoms with Gasteiger partial charge in [0.2, 0.25) is 0 Å². The second-order valence-electron chi connectivity index (χ2n) is 4.51. The number of aromatic carboxylic acids is 1. The molecule has 0 aliphatic carbocycles. The zero-order valence-corrected chi connectivity index (χ0v) is 11.2. The molecule has 7 heteroatoms. The van der Waals surface area contributed by atoms with Gasteiger partial charge in [0.25, 0.3) is 5.69 Å². The maximum atomic E-state index is 11.2. The molecule has 0 aliphatic rings. The van der Waals surface area contributed by atoms with E-state index in [1.165, 1.54) is 10.7 Å². The van der Waals surface area contributed by atoms with Gasteiger partial charge in [-0.05, 0) is 32.4 Å².